The number of hydrogen-bond donors (Lipinski definition) is 2. The molecule has 0 unspecified atom stereocenters. The molecule has 0 aliphatic carbocycles. The first-order valence-electron chi connectivity index (χ1n) is 6.09. The molecule has 2 N–H and O–H groups in total. The molecule has 7 heteroatoms. The van der Waals surface area contributed by atoms with E-state index in [1.54, 1.807) is 4.90 Å². The Hall–Kier alpha value is -1.34. The SMILES string of the molecule is COCC(=O)N1CCCN(CCNC(=O)O)CC1. The fraction of sp³-hybridized carbons (Fsp3) is 0.818. The highest BCUT2D eigenvalue weighted by Crippen LogP contribution is 2.03. The first-order chi connectivity index (χ1) is 8.63. The van der Waals surface area contributed by atoms with E-state index in [1.165, 1.54) is 7.11 Å². The Labute approximate surface area is 107 Å². The number of nitrogens with zero attached hydrogens (tertiary/aromatic N) is 2. The van der Waals surface area contributed by atoms with Crippen molar-refractivity contribution in [1.82, 2.24) is 15.1 Å². The van der Waals surface area contributed by atoms with Gasteiger partial charge < -0.3 is 20.1 Å². The fourth-order valence-electron chi connectivity index (χ4n) is 1.98. The van der Waals surface area contributed by atoms with Gasteiger partial charge in [0.05, 0.1) is 0 Å². The molecule has 7 nitrogen and oxygen atoms in total. The maximum absolute atomic E-state index is 11.7. The van der Waals surface area contributed by atoms with Crippen LogP contribution in [0.25, 0.3) is 0 Å². The second-order valence-corrected chi connectivity index (χ2v) is 4.24. The quantitative estimate of drug-likeness (QED) is 0.691. The van der Waals surface area contributed by atoms with Gasteiger partial charge in [-0.1, -0.05) is 0 Å². The Bertz CT molecular complexity index is 285. The maximum atomic E-state index is 11.7. The van der Waals surface area contributed by atoms with Crippen LogP contribution in [0.5, 0.6) is 0 Å². The van der Waals surface area contributed by atoms with Crippen LogP contribution in [0.4, 0.5) is 4.79 Å². The van der Waals surface area contributed by atoms with E-state index in [2.05, 4.69) is 10.2 Å². The molecule has 1 heterocycles. The molecule has 0 aromatic heterocycles. The highest BCUT2D eigenvalue weighted by molar-refractivity contribution is 5.77. The molecule has 0 saturated carbocycles. The number of methoxy groups -OCH3 is 1. The van der Waals surface area contributed by atoms with Crippen molar-refractivity contribution in [2.45, 2.75) is 6.42 Å². The van der Waals surface area contributed by atoms with Crippen LogP contribution < -0.4 is 5.32 Å². The normalized spacial score (nSPS) is 17.3. The molecule has 0 bridgehead atoms. The van der Waals surface area contributed by atoms with Gasteiger partial charge in [-0.15, -0.1) is 0 Å². The van der Waals surface area contributed by atoms with E-state index in [1.807, 2.05) is 0 Å². The van der Waals surface area contributed by atoms with Crippen molar-refractivity contribution in [1.29, 1.82) is 0 Å². The molecule has 2 amide bonds. The molecule has 1 fully saturated rings. The zero-order valence-corrected chi connectivity index (χ0v) is 10.7. The van der Waals surface area contributed by atoms with Crippen molar-refractivity contribution >= 4 is 12.0 Å². The van der Waals surface area contributed by atoms with Crippen LogP contribution in [0.2, 0.25) is 0 Å². The first kappa shape index (κ1) is 14.7. The van der Waals surface area contributed by atoms with Crippen molar-refractivity contribution < 1.29 is 19.4 Å². The summed E-state index contributed by atoms with van der Waals surface area (Å²) in [4.78, 5) is 25.9. The third-order valence-electron chi connectivity index (χ3n) is 2.91. The van der Waals surface area contributed by atoms with Crippen molar-refractivity contribution in [3.05, 3.63) is 0 Å². The minimum Gasteiger partial charge on any atom is -0.465 e. The molecule has 0 aromatic rings. The van der Waals surface area contributed by atoms with Crippen molar-refractivity contribution in [3.63, 3.8) is 0 Å². The smallest absolute Gasteiger partial charge is 0.404 e. The predicted molar refractivity (Wildman–Crippen MR) is 65.5 cm³/mol. The number of carboxylic acid groups (broad SMARTS) is 1. The van der Waals surface area contributed by atoms with Gasteiger partial charge in [-0.3, -0.25) is 9.69 Å². The molecular weight excluding hydrogens is 238 g/mol. The fourth-order valence-corrected chi connectivity index (χ4v) is 1.98. The highest BCUT2D eigenvalue weighted by Gasteiger charge is 2.18. The van der Waals surface area contributed by atoms with Gasteiger partial charge in [-0.2, -0.15) is 0 Å². The number of carbonyl (C=O) groups is 2. The summed E-state index contributed by atoms with van der Waals surface area (Å²) in [5, 5.41) is 10.8. The van der Waals surface area contributed by atoms with E-state index >= 15 is 0 Å². The van der Waals surface area contributed by atoms with E-state index in [9.17, 15) is 9.59 Å². The summed E-state index contributed by atoms with van der Waals surface area (Å²) in [6.07, 6.45) is -0.0931. The minimum atomic E-state index is -0.998. The average Bonchev–Trinajstić information content (AvgIpc) is 2.54. The van der Waals surface area contributed by atoms with Gasteiger partial charge in [-0.25, -0.2) is 4.79 Å². The van der Waals surface area contributed by atoms with E-state index in [4.69, 9.17) is 9.84 Å². The lowest BCUT2D eigenvalue weighted by molar-refractivity contribution is -0.135. The summed E-state index contributed by atoms with van der Waals surface area (Å²) >= 11 is 0. The maximum Gasteiger partial charge on any atom is 0.404 e. The van der Waals surface area contributed by atoms with Crippen LogP contribution in [-0.4, -0.2) is 79.9 Å². The lowest BCUT2D eigenvalue weighted by Crippen LogP contribution is -2.39. The molecule has 1 rings (SSSR count). The van der Waals surface area contributed by atoms with Gasteiger partial charge in [0.15, 0.2) is 0 Å². The number of carbonyl (C=O) groups excluding carboxylic acids is 1. The number of rotatable bonds is 5. The molecule has 0 aromatic carbocycles. The number of nitrogens with one attached hydrogen (secondary N) is 1. The number of ether oxygens (including phenoxy) is 1. The molecule has 1 saturated heterocycles. The Kier molecular flexibility index (Phi) is 6.45. The summed E-state index contributed by atoms with van der Waals surface area (Å²) in [5.41, 5.74) is 0. The monoisotopic (exact) mass is 259 g/mol. The van der Waals surface area contributed by atoms with Gasteiger partial charge in [-0.05, 0) is 13.0 Å². The summed E-state index contributed by atoms with van der Waals surface area (Å²) in [6, 6.07) is 0. The van der Waals surface area contributed by atoms with Crippen molar-refractivity contribution in [2.24, 2.45) is 0 Å². The van der Waals surface area contributed by atoms with Crippen LogP contribution in [0.1, 0.15) is 6.42 Å². The van der Waals surface area contributed by atoms with E-state index in [-0.39, 0.29) is 12.5 Å². The third-order valence-corrected chi connectivity index (χ3v) is 2.91. The summed E-state index contributed by atoms with van der Waals surface area (Å²) in [7, 11) is 1.51. The van der Waals surface area contributed by atoms with Crippen LogP contribution >= 0.6 is 0 Å². The lowest BCUT2D eigenvalue weighted by atomic mass is 10.3. The molecule has 0 atom stereocenters. The standard InChI is InChI=1S/C11H21N3O4/c1-18-9-10(15)14-5-2-4-13(7-8-14)6-3-12-11(16)17/h12H,2-9H2,1H3,(H,16,17). The Morgan fingerprint density at radius 3 is 2.72 bits per heavy atom. The van der Waals surface area contributed by atoms with Crippen LogP contribution in [-0.2, 0) is 9.53 Å². The zero-order valence-electron chi connectivity index (χ0n) is 10.7. The molecule has 104 valence electrons. The first-order valence-corrected chi connectivity index (χ1v) is 6.09. The van der Waals surface area contributed by atoms with Gasteiger partial charge in [0.1, 0.15) is 6.61 Å². The zero-order chi connectivity index (χ0) is 13.4. The average molecular weight is 259 g/mol. The summed E-state index contributed by atoms with van der Waals surface area (Å²) in [5.74, 6) is 0.0167. The Balaban J connectivity index is 2.27. The van der Waals surface area contributed by atoms with Gasteiger partial charge in [0, 0.05) is 39.8 Å². The third kappa shape index (κ3) is 5.33. The molecule has 1 aliphatic heterocycles. The largest absolute Gasteiger partial charge is 0.465 e. The second kappa shape index (κ2) is 7.88. The number of hydrogen-bond acceptors (Lipinski definition) is 4. The predicted octanol–water partition coefficient (Wildman–Crippen LogP) is -0.565. The minimum absolute atomic E-state index is 0.0167. The Morgan fingerprint density at radius 1 is 1.28 bits per heavy atom. The molecular formula is C11H21N3O4. The van der Waals surface area contributed by atoms with Gasteiger partial charge in [0.25, 0.3) is 0 Å². The van der Waals surface area contributed by atoms with Crippen LogP contribution in [0.3, 0.4) is 0 Å². The second-order valence-electron chi connectivity index (χ2n) is 4.24. The molecule has 18 heavy (non-hydrogen) atoms. The van der Waals surface area contributed by atoms with Crippen LogP contribution in [0, 0.1) is 0 Å². The topological polar surface area (TPSA) is 82.1 Å². The number of amides is 2. The van der Waals surface area contributed by atoms with Crippen molar-refractivity contribution in [3.8, 4) is 0 Å². The van der Waals surface area contributed by atoms with E-state index in [0.29, 0.717) is 19.6 Å². The summed E-state index contributed by atoms with van der Waals surface area (Å²) in [6.45, 7) is 4.30. The highest BCUT2D eigenvalue weighted by atomic mass is 16.5. The van der Waals surface area contributed by atoms with Gasteiger partial charge >= 0.3 is 6.09 Å². The Morgan fingerprint density at radius 2 is 2.06 bits per heavy atom. The van der Waals surface area contributed by atoms with Gasteiger partial charge in [0.2, 0.25) is 5.91 Å². The van der Waals surface area contributed by atoms with E-state index < -0.39 is 6.09 Å². The molecule has 1 aliphatic rings. The van der Waals surface area contributed by atoms with Crippen LogP contribution in [0.15, 0.2) is 0 Å². The molecule has 0 radical (unpaired) electrons. The molecule has 0 spiro atoms. The van der Waals surface area contributed by atoms with E-state index in [0.717, 1.165) is 26.1 Å². The summed E-state index contributed by atoms with van der Waals surface area (Å²) < 4.78 is 4.84. The lowest BCUT2D eigenvalue weighted by Gasteiger charge is -2.21. The van der Waals surface area contributed by atoms with Crippen molar-refractivity contribution in [2.75, 3.05) is 53.0 Å².